The summed E-state index contributed by atoms with van der Waals surface area (Å²) in [5, 5.41) is 12.6. The number of nitrogens with zero attached hydrogens (tertiary/aromatic N) is 1. The Kier molecular flexibility index (Phi) is 6.95. The third-order valence-electron chi connectivity index (χ3n) is 3.22. The number of hydrogen-bond donors (Lipinski definition) is 4. The number of primary amides is 1. The topological polar surface area (TPSA) is 131 Å². The molecular formula is C16H22N4O3. The van der Waals surface area contributed by atoms with Gasteiger partial charge >= 0.3 is 0 Å². The van der Waals surface area contributed by atoms with Crippen LogP contribution in [0.25, 0.3) is 0 Å². The number of carbonyl (C=O) groups is 2. The fraction of sp³-hybridized carbons (Fsp3) is 0.312. The number of benzene rings is 1. The Hall–Kier alpha value is -2.67. The molecule has 0 radical (unpaired) electrons. The first-order valence-electron chi connectivity index (χ1n) is 7.07. The smallest absolute Gasteiger partial charge is 0.254 e. The van der Waals surface area contributed by atoms with Gasteiger partial charge in [0.15, 0.2) is 6.10 Å². The number of aliphatic hydroxyl groups is 1. The summed E-state index contributed by atoms with van der Waals surface area (Å²) in [6, 6.07) is 8.27. The molecule has 2 unspecified atom stereocenters. The average molecular weight is 318 g/mol. The van der Waals surface area contributed by atoms with Crippen LogP contribution in [0.3, 0.4) is 0 Å². The Morgan fingerprint density at radius 2 is 1.91 bits per heavy atom. The summed E-state index contributed by atoms with van der Waals surface area (Å²) in [6.45, 7) is 1.56. The molecule has 0 fully saturated rings. The van der Waals surface area contributed by atoms with Crippen LogP contribution in [-0.2, 0) is 16.0 Å². The van der Waals surface area contributed by atoms with Crippen molar-refractivity contribution in [3.8, 4) is 0 Å². The number of aliphatic imine (C=N–C) groups is 1. The lowest BCUT2D eigenvalue weighted by Gasteiger charge is -2.22. The highest BCUT2D eigenvalue weighted by Crippen LogP contribution is 2.08. The van der Waals surface area contributed by atoms with E-state index >= 15 is 0 Å². The first-order chi connectivity index (χ1) is 10.9. The normalized spacial score (nSPS) is 14.9. The molecule has 0 saturated carbocycles. The molecule has 2 amide bonds. The summed E-state index contributed by atoms with van der Waals surface area (Å²) < 4.78 is 0. The van der Waals surface area contributed by atoms with Gasteiger partial charge in [-0.1, -0.05) is 30.3 Å². The number of rotatable bonds is 7. The largest absolute Gasteiger partial charge is 0.402 e. The molecule has 7 nitrogen and oxygen atoms in total. The molecule has 7 heteroatoms. The lowest BCUT2D eigenvalue weighted by Crippen LogP contribution is -2.51. The Balaban J connectivity index is 2.99. The van der Waals surface area contributed by atoms with E-state index in [2.05, 4.69) is 10.3 Å². The van der Waals surface area contributed by atoms with Crippen molar-refractivity contribution >= 4 is 18.0 Å². The molecule has 23 heavy (non-hydrogen) atoms. The van der Waals surface area contributed by atoms with Gasteiger partial charge in [-0.3, -0.25) is 14.6 Å². The van der Waals surface area contributed by atoms with Gasteiger partial charge in [0, 0.05) is 19.0 Å². The minimum absolute atomic E-state index is 0.169. The van der Waals surface area contributed by atoms with Crippen LogP contribution in [0.5, 0.6) is 0 Å². The molecule has 0 aliphatic rings. The van der Waals surface area contributed by atoms with Gasteiger partial charge in [-0.05, 0) is 18.9 Å². The van der Waals surface area contributed by atoms with E-state index in [1.165, 1.54) is 13.3 Å². The lowest BCUT2D eigenvalue weighted by molar-refractivity contribution is -0.128. The molecule has 0 bridgehead atoms. The van der Waals surface area contributed by atoms with Crippen molar-refractivity contribution in [2.75, 3.05) is 7.05 Å². The van der Waals surface area contributed by atoms with Crippen LogP contribution >= 0.6 is 0 Å². The van der Waals surface area contributed by atoms with Crippen molar-refractivity contribution < 1.29 is 14.7 Å². The fourth-order valence-corrected chi connectivity index (χ4v) is 2.02. The van der Waals surface area contributed by atoms with Crippen LogP contribution in [0.2, 0.25) is 0 Å². The first-order valence-corrected chi connectivity index (χ1v) is 7.07. The quantitative estimate of drug-likeness (QED) is 0.398. The minimum Gasteiger partial charge on any atom is -0.402 e. The van der Waals surface area contributed by atoms with Crippen LogP contribution in [0.1, 0.15) is 12.5 Å². The molecule has 1 aromatic rings. The molecular weight excluding hydrogens is 296 g/mol. The van der Waals surface area contributed by atoms with Crippen LogP contribution < -0.4 is 16.8 Å². The maximum atomic E-state index is 12.3. The maximum Gasteiger partial charge on any atom is 0.254 e. The number of nitrogens with two attached hydrogens (primary N) is 2. The third-order valence-corrected chi connectivity index (χ3v) is 3.22. The van der Waals surface area contributed by atoms with E-state index in [9.17, 15) is 14.7 Å². The Labute approximate surface area is 135 Å². The molecule has 0 saturated heterocycles. The van der Waals surface area contributed by atoms with Gasteiger partial charge in [0.1, 0.15) is 0 Å². The van der Waals surface area contributed by atoms with Gasteiger partial charge in [-0.2, -0.15) is 0 Å². The zero-order chi connectivity index (χ0) is 17.4. The van der Waals surface area contributed by atoms with E-state index in [4.69, 9.17) is 11.5 Å². The highest BCUT2D eigenvalue weighted by molar-refractivity contribution is 6.12. The number of nitrogens with one attached hydrogen (secondary N) is 1. The number of aliphatic hydroxyl groups excluding tert-OH is 1. The number of carbonyl (C=O) groups excluding carboxylic acids is 2. The van der Waals surface area contributed by atoms with Gasteiger partial charge < -0.3 is 21.9 Å². The molecule has 0 heterocycles. The minimum atomic E-state index is -1.52. The summed E-state index contributed by atoms with van der Waals surface area (Å²) in [5.41, 5.74) is 12.1. The molecule has 2 atom stereocenters. The van der Waals surface area contributed by atoms with Crippen LogP contribution in [0.15, 0.2) is 46.6 Å². The van der Waals surface area contributed by atoms with Crippen LogP contribution in [0.4, 0.5) is 0 Å². The highest BCUT2D eigenvalue weighted by Gasteiger charge is 2.27. The van der Waals surface area contributed by atoms with E-state index < -0.39 is 24.0 Å². The van der Waals surface area contributed by atoms with Crippen LogP contribution in [0, 0.1) is 0 Å². The molecule has 1 aromatic carbocycles. The molecule has 0 aliphatic heterocycles. The van der Waals surface area contributed by atoms with E-state index in [-0.39, 0.29) is 17.7 Å². The molecule has 6 N–H and O–H groups in total. The number of hydrogen-bond acceptors (Lipinski definition) is 5. The predicted octanol–water partition coefficient (Wildman–Crippen LogP) is -0.507. The highest BCUT2D eigenvalue weighted by atomic mass is 16.3. The molecule has 124 valence electrons. The van der Waals surface area contributed by atoms with Gasteiger partial charge in [0.05, 0.1) is 11.6 Å². The van der Waals surface area contributed by atoms with Crippen molar-refractivity contribution in [3.63, 3.8) is 0 Å². The van der Waals surface area contributed by atoms with Crippen LogP contribution in [-0.4, -0.2) is 42.3 Å². The van der Waals surface area contributed by atoms with Gasteiger partial charge in [-0.25, -0.2) is 0 Å². The maximum absolute atomic E-state index is 12.3. The molecule has 1 rings (SSSR count). The zero-order valence-corrected chi connectivity index (χ0v) is 13.2. The van der Waals surface area contributed by atoms with Crippen molar-refractivity contribution in [1.82, 2.24) is 5.32 Å². The van der Waals surface area contributed by atoms with E-state index in [1.807, 2.05) is 30.3 Å². The van der Waals surface area contributed by atoms with E-state index in [1.54, 1.807) is 6.92 Å². The Bertz CT molecular complexity index is 607. The van der Waals surface area contributed by atoms with Crippen molar-refractivity contribution in [3.05, 3.63) is 47.2 Å². The Morgan fingerprint density at radius 3 is 2.39 bits per heavy atom. The van der Waals surface area contributed by atoms with Gasteiger partial charge in [-0.15, -0.1) is 0 Å². The monoisotopic (exact) mass is 318 g/mol. The average Bonchev–Trinajstić information content (AvgIpc) is 2.51. The lowest BCUT2D eigenvalue weighted by atomic mass is 10.00. The van der Waals surface area contributed by atoms with E-state index in [0.29, 0.717) is 0 Å². The first kappa shape index (κ1) is 18.4. The van der Waals surface area contributed by atoms with Gasteiger partial charge in [0.25, 0.3) is 5.91 Å². The van der Waals surface area contributed by atoms with Gasteiger partial charge in [0.2, 0.25) is 5.91 Å². The Morgan fingerprint density at radius 1 is 1.30 bits per heavy atom. The number of amides is 2. The summed E-state index contributed by atoms with van der Waals surface area (Å²) >= 11 is 0. The second-order valence-electron chi connectivity index (χ2n) is 5.10. The summed E-state index contributed by atoms with van der Waals surface area (Å²) in [4.78, 5) is 27.4. The fourth-order valence-electron chi connectivity index (χ4n) is 2.02. The predicted molar refractivity (Wildman–Crippen MR) is 88.6 cm³/mol. The van der Waals surface area contributed by atoms with Crippen molar-refractivity contribution in [2.24, 2.45) is 16.5 Å². The number of allylic oxidation sites excluding steroid dienone is 1. The zero-order valence-electron chi connectivity index (χ0n) is 13.2. The molecule has 0 spiro atoms. The summed E-state index contributed by atoms with van der Waals surface area (Å²) in [5.74, 6) is -1.44. The van der Waals surface area contributed by atoms with Crippen molar-refractivity contribution in [1.29, 1.82) is 0 Å². The van der Waals surface area contributed by atoms with Crippen molar-refractivity contribution in [2.45, 2.75) is 25.5 Å². The summed E-state index contributed by atoms with van der Waals surface area (Å²) in [7, 11) is 1.51. The second-order valence-corrected chi connectivity index (χ2v) is 5.10. The van der Waals surface area contributed by atoms with E-state index in [0.717, 1.165) is 5.56 Å². The standard InChI is InChI=1S/C16H22N4O3/c1-10(17)12(9-19-2)16(23)20-13(14(21)15(18)22)8-11-6-4-3-5-7-11/h3-7,9,13-14,21H,8,17H2,1-2H3,(H2,18,22)(H,20,23)/b12-10+,19-9?. The second kappa shape index (κ2) is 8.70. The SMILES string of the molecule is CN=C/C(C(=O)NC(Cc1ccccc1)C(O)C(N)=O)=C(/C)N. The summed E-state index contributed by atoms with van der Waals surface area (Å²) in [6.07, 6.45) is 0.0506. The molecule has 0 aromatic heterocycles. The molecule has 0 aliphatic carbocycles. The third kappa shape index (κ3) is 5.55.